The van der Waals surface area contributed by atoms with Gasteiger partial charge < -0.3 is 18.9 Å². The molecule has 0 saturated heterocycles. The molecule has 6 heteroatoms. The third-order valence-electron chi connectivity index (χ3n) is 8.48. The Kier molecular flexibility index (Phi) is 8.85. The molecule has 0 amide bonds. The van der Waals surface area contributed by atoms with E-state index in [1.165, 1.54) is 11.1 Å². The Morgan fingerprint density at radius 3 is 2.09 bits per heavy atom. The summed E-state index contributed by atoms with van der Waals surface area (Å²) < 4.78 is 14.6. The molecule has 228 valence electrons. The molecule has 0 unspecified atom stereocenters. The lowest BCUT2D eigenvalue weighted by molar-refractivity contribution is -0.136. The van der Waals surface area contributed by atoms with Gasteiger partial charge in [-0.05, 0) is 95.1 Å². The number of benzene rings is 5. The van der Waals surface area contributed by atoms with Crippen LogP contribution in [0.5, 0.6) is 11.5 Å². The van der Waals surface area contributed by atoms with Crippen LogP contribution in [0.2, 0.25) is 0 Å². The zero-order chi connectivity index (χ0) is 31.5. The fourth-order valence-electron chi connectivity index (χ4n) is 6.17. The summed E-state index contributed by atoms with van der Waals surface area (Å²) >= 11 is 1.67. The Bertz CT molecular complexity index is 1830. The molecule has 1 N–H and O–H groups in total. The van der Waals surface area contributed by atoms with Crippen LogP contribution in [-0.2, 0) is 31.0 Å². The van der Waals surface area contributed by atoms with Crippen LogP contribution in [0.3, 0.4) is 0 Å². The maximum absolute atomic E-state index is 12.1. The molecule has 0 spiro atoms. The van der Waals surface area contributed by atoms with Crippen LogP contribution < -0.4 is 13.8 Å². The predicted molar refractivity (Wildman–Crippen MR) is 184 cm³/mol. The van der Waals surface area contributed by atoms with E-state index in [0.717, 1.165) is 73.8 Å². The van der Waals surface area contributed by atoms with Gasteiger partial charge >= 0.3 is 5.97 Å². The highest BCUT2D eigenvalue weighted by Gasteiger charge is 2.30. The van der Waals surface area contributed by atoms with E-state index in [1.807, 2.05) is 48.5 Å². The SMILES string of the molecule is CSN1Cc2ccc(OCc3ccc(OCc4ccccc4)cc3)cc2-c2c(C)c(-c3ccc(C)cc3)c(CC(=O)O)c(C)c21. The third kappa shape index (κ3) is 6.43. The molecule has 1 aliphatic rings. The summed E-state index contributed by atoms with van der Waals surface area (Å²) in [6.07, 6.45) is 2.04. The van der Waals surface area contributed by atoms with E-state index in [1.54, 1.807) is 11.9 Å². The van der Waals surface area contributed by atoms with Gasteiger partial charge in [0.25, 0.3) is 0 Å². The molecule has 5 nitrogen and oxygen atoms in total. The zero-order valence-corrected chi connectivity index (χ0v) is 26.9. The number of carboxylic acid groups (broad SMARTS) is 1. The van der Waals surface area contributed by atoms with Crippen LogP contribution in [0.15, 0.2) is 97.1 Å². The van der Waals surface area contributed by atoms with Crippen LogP contribution in [-0.4, -0.2) is 17.3 Å². The first-order valence-electron chi connectivity index (χ1n) is 15.1. The summed E-state index contributed by atoms with van der Waals surface area (Å²) in [5.41, 5.74) is 12.9. The summed E-state index contributed by atoms with van der Waals surface area (Å²) in [6, 6.07) is 32.9. The fraction of sp³-hybridized carbons (Fsp3) is 0.205. The van der Waals surface area contributed by atoms with E-state index in [0.29, 0.717) is 13.2 Å². The average molecular weight is 616 g/mol. The van der Waals surface area contributed by atoms with Gasteiger partial charge in [0.1, 0.15) is 24.7 Å². The summed E-state index contributed by atoms with van der Waals surface area (Å²) in [4.78, 5) is 12.1. The van der Waals surface area contributed by atoms with Crippen molar-refractivity contribution < 1.29 is 19.4 Å². The lowest BCUT2D eigenvalue weighted by Crippen LogP contribution is -2.22. The molecule has 0 atom stereocenters. The number of fused-ring (bicyclic) bond motifs is 3. The standard InChI is InChI=1S/C39H37NO4S/c1-25-10-14-30(15-11-25)37-27(3)38-35-20-33(19-16-31(35)22-40(45-4)39(38)26(2)34(37)21-36(41)42)44-24-29-12-17-32(18-13-29)43-23-28-8-6-5-7-9-28/h5-20H,21-24H2,1-4H3,(H,41,42). The second kappa shape index (κ2) is 13.1. The Balaban J connectivity index is 1.31. The molecule has 0 fully saturated rings. The maximum atomic E-state index is 12.1. The number of rotatable bonds is 10. The number of hydrogen-bond donors (Lipinski definition) is 1. The smallest absolute Gasteiger partial charge is 0.307 e. The van der Waals surface area contributed by atoms with Crippen molar-refractivity contribution in [2.45, 2.75) is 47.0 Å². The molecule has 45 heavy (non-hydrogen) atoms. The number of nitrogens with zero attached hydrogens (tertiary/aromatic N) is 1. The van der Waals surface area contributed by atoms with Crippen molar-refractivity contribution in [3.05, 3.63) is 136 Å². The number of carboxylic acids is 1. The second-order valence-corrected chi connectivity index (χ2v) is 12.3. The van der Waals surface area contributed by atoms with Crippen molar-refractivity contribution in [3.8, 4) is 33.8 Å². The first-order chi connectivity index (χ1) is 21.8. The van der Waals surface area contributed by atoms with Crippen LogP contribution in [0, 0.1) is 20.8 Å². The Labute approximate surface area is 269 Å². The van der Waals surface area contributed by atoms with Gasteiger partial charge in [0.2, 0.25) is 0 Å². The molecule has 6 rings (SSSR count). The lowest BCUT2D eigenvalue weighted by Gasteiger charge is -2.36. The molecule has 0 aromatic heterocycles. The molecular formula is C39H37NO4S. The largest absolute Gasteiger partial charge is 0.489 e. The number of aliphatic carboxylic acids is 1. The van der Waals surface area contributed by atoms with E-state index in [2.05, 4.69) is 79.9 Å². The molecule has 1 aliphatic heterocycles. The summed E-state index contributed by atoms with van der Waals surface area (Å²) in [5, 5.41) is 9.92. The summed E-state index contributed by atoms with van der Waals surface area (Å²) in [7, 11) is 0. The number of hydrogen-bond acceptors (Lipinski definition) is 5. The van der Waals surface area contributed by atoms with E-state index >= 15 is 0 Å². The molecular weight excluding hydrogens is 578 g/mol. The van der Waals surface area contributed by atoms with Gasteiger partial charge in [-0.15, -0.1) is 0 Å². The highest BCUT2D eigenvalue weighted by atomic mass is 32.2. The molecule has 0 aliphatic carbocycles. The van der Waals surface area contributed by atoms with E-state index < -0.39 is 5.97 Å². The minimum Gasteiger partial charge on any atom is -0.489 e. The quantitative estimate of drug-likeness (QED) is 0.158. The normalized spacial score (nSPS) is 12.0. The highest BCUT2D eigenvalue weighted by molar-refractivity contribution is 7.99. The third-order valence-corrected chi connectivity index (χ3v) is 9.23. The molecule has 5 aromatic rings. The van der Waals surface area contributed by atoms with Gasteiger partial charge in [-0.3, -0.25) is 4.79 Å². The van der Waals surface area contributed by atoms with Crippen LogP contribution in [0.4, 0.5) is 5.69 Å². The minimum absolute atomic E-state index is 0.0303. The van der Waals surface area contributed by atoms with E-state index in [-0.39, 0.29) is 6.42 Å². The zero-order valence-electron chi connectivity index (χ0n) is 26.1. The van der Waals surface area contributed by atoms with Crippen molar-refractivity contribution in [1.29, 1.82) is 0 Å². The Hall–Kier alpha value is -4.68. The van der Waals surface area contributed by atoms with Gasteiger partial charge in [-0.2, -0.15) is 0 Å². The summed E-state index contributed by atoms with van der Waals surface area (Å²) in [5.74, 6) is 0.790. The lowest BCUT2D eigenvalue weighted by atomic mass is 9.81. The van der Waals surface area contributed by atoms with Crippen molar-refractivity contribution in [2.24, 2.45) is 0 Å². The van der Waals surface area contributed by atoms with Crippen molar-refractivity contribution >= 4 is 23.6 Å². The maximum Gasteiger partial charge on any atom is 0.307 e. The van der Waals surface area contributed by atoms with Gasteiger partial charge in [0.05, 0.1) is 18.7 Å². The van der Waals surface area contributed by atoms with E-state index in [9.17, 15) is 9.90 Å². The number of aryl methyl sites for hydroxylation is 1. The fourth-order valence-corrected chi connectivity index (χ4v) is 6.85. The molecule has 1 heterocycles. The Morgan fingerprint density at radius 2 is 1.42 bits per heavy atom. The molecule has 0 bridgehead atoms. The number of carbonyl (C=O) groups is 1. The average Bonchev–Trinajstić information content (AvgIpc) is 3.05. The van der Waals surface area contributed by atoms with Gasteiger partial charge in [0, 0.05) is 11.8 Å². The highest BCUT2D eigenvalue weighted by Crippen LogP contribution is 2.50. The Morgan fingerprint density at radius 1 is 0.778 bits per heavy atom. The monoisotopic (exact) mass is 615 g/mol. The van der Waals surface area contributed by atoms with Crippen LogP contribution in [0.1, 0.15) is 38.9 Å². The first-order valence-corrected chi connectivity index (χ1v) is 16.3. The first kappa shape index (κ1) is 30.4. The van der Waals surface area contributed by atoms with Gasteiger partial charge in [0.15, 0.2) is 0 Å². The molecule has 0 radical (unpaired) electrons. The van der Waals surface area contributed by atoms with E-state index in [4.69, 9.17) is 9.47 Å². The molecule has 5 aromatic carbocycles. The van der Waals surface area contributed by atoms with Gasteiger partial charge in [-0.25, -0.2) is 0 Å². The van der Waals surface area contributed by atoms with Crippen molar-refractivity contribution in [1.82, 2.24) is 0 Å². The van der Waals surface area contributed by atoms with Crippen molar-refractivity contribution in [2.75, 3.05) is 10.6 Å². The number of ether oxygens (including phenoxy) is 2. The number of anilines is 1. The van der Waals surface area contributed by atoms with Gasteiger partial charge in [-0.1, -0.05) is 90.3 Å². The predicted octanol–water partition coefficient (Wildman–Crippen LogP) is 9.33. The van der Waals surface area contributed by atoms with Crippen LogP contribution >= 0.6 is 11.9 Å². The topological polar surface area (TPSA) is 59.0 Å². The minimum atomic E-state index is -0.829. The van der Waals surface area contributed by atoms with Crippen molar-refractivity contribution in [3.63, 3.8) is 0 Å². The summed E-state index contributed by atoms with van der Waals surface area (Å²) in [6.45, 7) is 7.95. The second-order valence-electron chi connectivity index (χ2n) is 11.5. The molecule has 0 saturated carbocycles. The van der Waals surface area contributed by atoms with Crippen LogP contribution in [0.25, 0.3) is 22.3 Å².